The quantitative estimate of drug-likeness (QED) is 0.633. The Hall–Kier alpha value is -3.21. The first-order valence-corrected chi connectivity index (χ1v) is 10.5. The van der Waals surface area contributed by atoms with Gasteiger partial charge < -0.3 is 19.3 Å². The van der Waals surface area contributed by atoms with Gasteiger partial charge in [0.1, 0.15) is 40.3 Å². The Morgan fingerprint density at radius 2 is 1.94 bits per heavy atom. The average molecular weight is 421 g/mol. The van der Waals surface area contributed by atoms with E-state index in [1.54, 1.807) is 7.11 Å². The van der Waals surface area contributed by atoms with Crippen LogP contribution in [0, 0.1) is 0 Å². The van der Waals surface area contributed by atoms with Crippen LogP contribution >= 0.6 is 0 Å². The van der Waals surface area contributed by atoms with Crippen molar-refractivity contribution in [2.24, 2.45) is 0 Å². The molecule has 162 valence electrons. The van der Waals surface area contributed by atoms with E-state index < -0.39 is 11.7 Å². The van der Waals surface area contributed by atoms with E-state index in [0.717, 1.165) is 22.4 Å². The number of hydrogen-bond acceptors (Lipinski definition) is 5. The smallest absolute Gasteiger partial charge is 0.174 e. The van der Waals surface area contributed by atoms with Gasteiger partial charge >= 0.3 is 0 Å². The standard InChI is InChI=1S/C26H28O5/c1-15(2)6-11-19-24-18(12-13-26(3,4)31-24)23(28)22-20(27)14-21(30-25(19)22)16-7-9-17(29-5)10-8-16/h6-10,12-13,21,28H,11,14H2,1-5H3/t21-/m0/s1. The Bertz CT molecular complexity index is 1090. The minimum Gasteiger partial charge on any atom is -0.506 e. The molecule has 2 aliphatic rings. The van der Waals surface area contributed by atoms with Gasteiger partial charge in [0.25, 0.3) is 0 Å². The lowest BCUT2D eigenvalue weighted by molar-refractivity contribution is 0.0839. The summed E-state index contributed by atoms with van der Waals surface area (Å²) in [6, 6.07) is 7.50. The van der Waals surface area contributed by atoms with Crippen LogP contribution in [0.2, 0.25) is 0 Å². The van der Waals surface area contributed by atoms with Crippen LogP contribution < -0.4 is 14.2 Å². The van der Waals surface area contributed by atoms with Gasteiger partial charge in [-0.05, 0) is 64.0 Å². The summed E-state index contributed by atoms with van der Waals surface area (Å²) in [7, 11) is 1.61. The molecule has 0 unspecified atom stereocenters. The first-order valence-electron chi connectivity index (χ1n) is 10.5. The number of ether oxygens (including phenoxy) is 3. The van der Waals surface area contributed by atoms with Crippen molar-refractivity contribution in [3.8, 4) is 23.0 Å². The van der Waals surface area contributed by atoms with Gasteiger partial charge in [0.15, 0.2) is 5.78 Å². The molecule has 0 aliphatic carbocycles. The summed E-state index contributed by atoms with van der Waals surface area (Å²) in [5, 5.41) is 11.0. The summed E-state index contributed by atoms with van der Waals surface area (Å²) >= 11 is 0. The molecule has 0 bridgehead atoms. The largest absolute Gasteiger partial charge is 0.506 e. The Morgan fingerprint density at radius 3 is 2.58 bits per heavy atom. The summed E-state index contributed by atoms with van der Waals surface area (Å²) in [5.74, 6) is 1.51. The first kappa shape index (κ1) is 21.0. The molecule has 4 rings (SSSR count). The number of fused-ring (bicyclic) bond motifs is 2. The molecule has 0 saturated carbocycles. The molecule has 1 N–H and O–H groups in total. The number of methoxy groups -OCH3 is 1. The molecule has 0 aromatic heterocycles. The predicted molar refractivity (Wildman–Crippen MR) is 120 cm³/mol. The monoisotopic (exact) mass is 420 g/mol. The van der Waals surface area contributed by atoms with E-state index in [-0.39, 0.29) is 23.5 Å². The van der Waals surface area contributed by atoms with E-state index in [1.165, 1.54) is 0 Å². The topological polar surface area (TPSA) is 65.0 Å². The molecule has 1 atom stereocenters. The van der Waals surface area contributed by atoms with Gasteiger partial charge in [-0.15, -0.1) is 0 Å². The van der Waals surface area contributed by atoms with E-state index >= 15 is 0 Å². The first-order chi connectivity index (χ1) is 14.7. The van der Waals surface area contributed by atoms with Gasteiger partial charge in [0.2, 0.25) is 0 Å². The number of Topliss-reactive ketones (excluding diaryl/α,β-unsaturated/α-hetero) is 1. The highest BCUT2D eigenvalue weighted by atomic mass is 16.5. The van der Waals surface area contributed by atoms with Crippen molar-refractivity contribution < 1.29 is 24.1 Å². The summed E-state index contributed by atoms with van der Waals surface area (Å²) in [4.78, 5) is 13.2. The lowest BCUT2D eigenvalue weighted by Gasteiger charge is -2.34. The number of phenolic OH excluding ortho intramolecular Hbond substituents is 1. The number of benzene rings is 2. The Morgan fingerprint density at radius 1 is 1.23 bits per heavy atom. The molecule has 2 aromatic carbocycles. The third-order valence-electron chi connectivity index (χ3n) is 5.64. The predicted octanol–water partition coefficient (Wildman–Crippen LogP) is 5.80. The number of aromatic hydroxyl groups is 1. The third-order valence-corrected chi connectivity index (χ3v) is 5.64. The zero-order valence-corrected chi connectivity index (χ0v) is 18.6. The Kier molecular flexibility index (Phi) is 5.29. The van der Waals surface area contributed by atoms with E-state index in [1.807, 2.05) is 64.1 Å². The summed E-state index contributed by atoms with van der Waals surface area (Å²) in [6.07, 6.45) is 6.06. The highest BCUT2D eigenvalue weighted by Gasteiger charge is 2.37. The van der Waals surface area contributed by atoms with Crippen molar-refractivity contribution in [3.05, 3.63) is 64.2 Å². The van der Waals surface area contributed by atoms with E-state index in [9.17, 15) is 9.90 Å². The van der Waals surface area contributed by atoms with Crippen LogP contribution in [-0.2, 0) is 6.42 Å². The summed E-state index contributed by atoms with van der Waals surface area (Å²) < 4.78 is 17.9. The van der Waals surface area contributed by atoms with Crippen molar-refractivity contribution >= 4 is 11.9 Å². The molecule has 0 radical (unpaired) electrons. The van der Waals surface area contributed by atoms with Crippen molar-refractivity contribution in [2.75, 3.05) is 7.11 Å². The zero-order chi connectivity index (χ0) is 22.3. The second kappa shape index (κ2) is 7.80. The van der Waals surface area contributed by atoms with Crippen molar-refractivity contribution in [2.45, 2.75) is 52.2 Å². The molecule has 2 aliphatic heterocycles. The highest BCUT2D eigenvalue weighted by molar-refractivity contribution is 6.05. The number of carbonyl (C=O) groups is 1. The fourth-order valence-electron chi connectivity index (χ4n) is 3.96. The normalized spacial score (nSPS) is 18.4. The summed E-state index contributed by atoms with van der Waals surface area (Å²) in [6.45, 7) is 7.96. The SMILES string of the molecule is COc1ccc([C@@H]2CC(=O)c3c(O)c4c(c(CC=C(C)C)c3O2)OC(C)(C)C=C4)cc1. The Balaban J connectivity index is 1.86. The van der Waals surface area contributed by atoms with E-state index in [4.69, 9.17) is 14.2 Å². The fourth-order valence-corrected chi connectivity index (χ4v) is 3.96. The number of ketones is 1. The van der Waals surface area contributed by atoms with E-state index in [0.29, 0.717) is 23.5 Å². The van der Waals surface area contributed by atoms with Gasteiger partial charge in [-0.3, -0.25) is 4.79 Å². The lowest BCUT2D eigenvalue weighted by Crippen LogP contribution is -2.29. The molecule has 0 amide bonds. The molecule has 5 nitrogen and oxygen atoms in total. The summed E-state index contributed by atoms with van der Waals surface area (Å²) in [5.41, 5.74) is 3.07. The molecular weight excluding hydrogens is 392 g/mol. The van der Waals surface area contributed by atoms with Crippen LogP contribution in [-0.4, -0.2) is 23.6 Å². The number of rotatable bonds is 4. The van der Waals surface area contributed by atoms with Crippen LogP contribution in [0.4, 0.5) is 0 Å². The molecule has 31 heavy (non-hydrogen) atoms. The molecule has 5 heteroatoms. The second-order valence-corrected chi connectivity index (χ2v) is 8.81. The average Bonchev–Trinajstić information content (AvgIpc) is 2.72. The van der Waals surface area contributed by atoms with Gasteiger partial charge in [0.05, 0.1) is 19.1 Å². The maximum absolute atomic E-state index is 13.2. The van der Waals surface area contributed by atoms with Crippen LogP contribution in [0.25, 0.3) is 6.08 Å². The molecular formula is C26H28O5. The van der Waals surface area contributed by atoms with Crippen LogP contribution in [0.3, 0.4) is 0 Å². The van der Waals surface area contributed by atoms with Crippen molar-refractivity contribution in [1.82, 2.24) is 0 Å². The van der Waals surface area contributed by atoms with Gasteiger partial charge in [-0.2, -0.15) is 0 Å². The third kappa shape index (κ3) is 3.92. The number of hydrogen-bond donors (Lipinski definition) is 1. The molecule has 2 heterocycles. The van der Waals surface area contributed by atoms with Gasteiger partial charge in [0, 0.05) is 5.56 Å². The fraction of sp³-hybridized carbons (Fsp3) is 0.346. The lowest BCUT2D eigenvalue weighted by atomic mass is 9.88. The minimum atomic E-state index is -0.526. The van der Waals surface area contributed by atoms with Crippen LogP contribution in [0.5, 0.6) is 23.0 Å². The van der Waals surface area contributed by atoms with Crippen LogP contribution in [0.15, 0.2) is 42.0 Å². The van der Waals surface area contributed by atoms with E-state index in [2.05, 4.69) is 6.08 Å². The van der Waals surface area contributed by atoms with Crippen molar-refractivity contribution in [3.63, 3.8) is 0 Å². The molecule has 0 fully saturated rings. The highest BCUT2D eigenvalue weighted by Crippen LogP contribution is 2.51. The second-order valence-electron chi connectivity index (χ2n) is 8.81. The number of carbonyl (C=O) groups excluding carboxylic acids is 1. The van der Waals surface area contributed by atoms with Gasteiger partial charge in [-0.25, -0.2) is 0 Å². The molecule has 0 spiro atoms. The zero-order valence-electron chi connectivity index (χ0n) is 18.6. The minimum absolute atomic E-state index is 0.0733. The number of phenols is 1. The maximum Gasteiger partial charge on any atom is 0.174 e. The van der Waals surface area contributed by atoms with Crippen molar-refractivity contribution in [1.29, 1.82) is 0 Å². The molecule has 0 saturated heterocycles. The maximum atomic E-state index is 13.2. The van der Waals surface area contributed by atoms with Gasteiger partial charge in [-0.1, -0.05) is 23.8 Å². The number of allylic oxidation sites excluding steroid dienone is 2. The Labute approximate surface area is 183 Å². The van der Waals surface area contributed by atoms with Crippen LogP contribution in [0.1, 0.15) is 67.3 Å². The molecule has 2 aromatic rings.